The molecule has 1 aromatic heterocycles. The van der Waals surface area contributed by atoms with E-state index in [-0.39, 0.29) is 0 Å². The molecule has 0 amide bonds. The van der Waals surface area contributed by atoms with Crippen molar-refractivity contribution in [1.29, 1.82) is 0 Å². The molecule has 0 saturated carbocycles. The number of nitrogens with zero attached hydrogens (tertiary/aromatic N) is 2. The lowest BCUT2D eigenvalue weighted by Crippen LogP contribution is -2.05. The van der Waals surface area contributed by atoms with Crippen LogP contribution in [0.1, 0.15) is 22.5 Å². The predicted octanol–water partition coefficient (Wildman–Crippen LogP) is 4.15. The molecular weight excluding hydrogens is 334 g/mol. The maximum Gasteiger partial charge on any atom is 0.199 e. The van der Waals surface area contributed by atoms with Crippen LogP contribution in [0.25, 0.3) is 5.69 Å². The van der Waals surface area contributed by atoms with E-state index >= 15 is 0 Å². The first-order valence-electron chi connectivity index (χ1n) is 7.98. The smallest absolute Gasteiger partial charge is 0.199 e. The van der Waals surface area contributed by atoms with Gasteiger partial charge in [-0.1, -0.05) is 18.2 Å². The predicted molar refractivity (Wildman–Crippen MR) is 101 cm³/mol. The van der Waals surface area contributed by atoms with Crippen LogP contribution in [0, 0.1) is 18.6 Å². The molecule has 5 nitrogen and oxygen atoms in total. The zero-order chi connectivity index (χ0) is 18.0. The second-order valence-corrected chi connectivity index (χ2v) is 6.32. The van der Waals surface area contributed by atoms with Gasteiger partial charge in [0.25, 0.3) is 0 Å². The number of methoxy groups -OCH3 is 2. The minimum Gasteiger partial charge on any atom is -0.493 e. The molecule has 25 heavy (non-hydrogen) atoms. The van der Waals surface area contributed by atoms with Gasteiger partial charge < -0.3 is 9.47 Å². The summed E-state index contributed by atoms with van der Waals surface area (Å²) in [7, 11) is 3.26. The van der Waals surface area contributed by atoms with Gasteiger partial charge >= 0.3 is 0 Å². The van der Waals surface area contributed by atoms with Crippen molar-refractivity contribution in [3.8, 4) is 17.2 Å². The largest absolute Gasteiger partial charge is 0.493 e. The molecule has 0 radical (unpaired) electrons. The van der Waals surface area contributed by atoms with Crippen LogP contribution in [0.2, 0.25) is 0 Å². The number of ether oxygens (including phenoxy) is 2. The Balaban J connectivity index is 2.03. The van der Waals surface area contributed by atoms with E-state index in [4.69, 9.17) is 21.7 Å². The Hall–Kier alpha value is -2.60. The van der Waals surface area contributed by atoms with E-state index in [0.717, 1.165) is 22.6 Å². The van der Waals surface area contributed by atoms with E-state index in [1.165, 1.54) is 5.56 Å². The molecule has 0 saturated heterocycles. The molecule has 6 heteroatoms. The van der Waals surface area contributed by atoms with Gasteiger partial charge in [0.05, 0.1) is 19.9 Å². The summed E-state index contributed by atoms with van der Waals surface area (Å²) in [4.78, 5) is 0. The number of nitrogens with one attached hydrogen (secondary N) is 1. The van der Waals surface area contributed by atoms with E-state index in [1.807, 2.05) is 22.8 Å². The van der Waals surface area contributed by atoms with Crippen molar-refractivity contribution < 1.29 is 9.47 Å². The molecule has 2 aromatic carbocycles. The molecule has 0 aliphatic heterocycles. The standard InChI is InChI=1S/C19H21N3O2S/c1-12-5-6-13(2)15(9-12)22-18(20-21-19(22)25)11-14-7-8-16(23-3)17(10-14)24-4/h5-10H,11H2,1-4H3,(H,21,25). The minimum atomic E-state index is 0.587. The number of aryl methyl sites for hydroxylation is 2. The molecule has 3 aromatic rings. The summed E-state index contributed by atoms with van der Waals surface area (Å²) in [6, 6.07) is 12.2. The Kier molecular flexibility index (Phi) is 4.90. The minimum absolute atomic E-state index is 0.587. The van der Waals surface area contributed by atoms with Gasteiger partial charge in [-0.15, -0.1) is 0 Å². The number of aromatic amines is 1. The monoisotopic (exact) mass is 355 g/mol. The van der Waals surface area contributed by atoms with Crippen LogP contribution in [0.15, 0.2) is 36.4 Å². The van der Waals surface area contributed by atoms with Crippen molar-refractivity contribution >= 4 is 12.2 Å². The summed E-state index contributed by atoms with van der Waals surface area (Å²) in [6.07, 6.45) is 0.626. The summed E-state index contributed by atoms with van der Waals surface area (Å²) in [6.45, 7) is 4.14. The van der Waals surface area contributed by atoms with Crippen LogP contribution in [-0.4, -0.2) is 29.0 Å². The summed E-state index contributed by atoms with van der Waals surface area (Å²) in [5, 5.41) is 7.34. The van der Waals surface area contributed by atoms with Crippen molar-refractivity contribution in [3.05, 3.63) is 63.7 Å². The number of rotatable bonds is 5. The van der Waals surface area contributed by atoms with Crippen LogP contribution >= 0.6 is 12.2 Å². The quantitative estimate of drug-likeness (QED) is 0.699. The molecule has 0 bridgehead atoms. The fraction of sp³-hybridized carbons (Fsp3) is 0.263. The van der Waals surface area contributed by atoms with E-state index < -0.39 is 0 Å². The third kappa shape index (κ3) is 3.44. The summed E-state index contributed by atoms with van der Waals surface area (Å²) in [5.74, 6) is 2.26. The second-order valence-electron chi connectivity index (χ2n) is 5.94. The zero-order valence-corrected chi connectivity index (χ0v) is 15.6. The number of benzene rings is 2. The lowest BCUT2D eigenvalue weighted by atomic mass is 10.1. The van der Waals surface area contributed by atoms with Crippen LogP contribution in [0.5, 0.6) is 11.5 Å². The van der Waals surface area contributed by atoms with E-state index in [0.29, 0.717) is 22.7 Å². The highest BCUT2D eigenvalue weighted by molar-refractivity contribution is 7.71. The van der Waals surface area contributed by atoms with Gasteiger partial charge in [0, 0.05) is 6.42 Å². The molecule has 130 valence electrons. The van der Waals surface area contributed by atoms with Crippen LogP contribution < -0.4 is 9.47 Å². The van der Waals surface area contributed by atoms with Gasteiger partial charge in [0.15, 0.2) is 16.3 Å². The van der Waals surface area contributed by atoms with Crippen molar-refractivity contribution in [2.45, 2.75) is 20.3 Å². The van der Waals surface area contributed by atoms with Gasteiger partial charge in [0.1, 0.15) is 5.82 Å². The van der Waals surface area contributed by atoms with Crippen molar-refractivity contribution in [1.82, 2.24) is 14.8 Å². The lowest BCUT2D eigenvalue weighted by molar-refractivity contribution is 0.354. The molecule has 0 fully saturated rings. The first-order valence-corrected chi connectivity index (χ1v) is 8.39. The van der Waals surface area contributed by atoms with Crippen LogP contribution in [0.3, 0.4) is 0 Å². The van der Waals surface area contributed by atoms with Gasteiger partial charge in [0.2, 0.25) is 0 Å². The maximum absolute atomic E-state index is 5.46. The maximum atomic E-state index is 5.46. The fourth-order valence-electron chi connectivity index (χ4n) is 2.83. The van der Waals surface area contributed by atoms with Crippen LogP contribution in [-0.2, 0) is 6.42 Å². The molecular formula is C19H21N3O2S. The molecule has 0 unspecified atom stereocenters. The van der Waals surface area contributed by atoms with Crippen molar-refractivity contribution in [2.75, 3.05) is 14.2 Å². The van der Waals surface area contributed by atoms with Gasteiger partial charge in [-0.3, -0.25) is 9.67 Å². The molecule has 0 spiro atoms. The van der Waals surface area contributed by atoms with Gasteiger partial charge in [-0.2, -0.15) is 5.10 Å². The third-order valence-electron chi connectivity index (χ3n) is 4.16. The molecule has 3 rings (SSSR count). The number of aromatic nitrogens is 3. The van der Waals surface area contributed by atoms with E-state index in [2.05, 4.69) is 42.2 Å². The SMILES string of the molecule is COc1ccc(Cc2n[nH]c(=S)n2-c2cc(C)ccc2C)cc1OC. The molecule has 0 aliphatic rings. The normalized spacial score (nSPS) is 10.7. The molecule has 1 heterocycles. The van der Waals surface area contributed by atoms with E-state index in [1.54, 1.807) is 14.2 Å². The number of hydrogen-bond donors (Lipinski definition) is 1. The lowest BCUT2D eigenvalue weighted by Gasteiger charge is -2.12. The Morgan fingerprint density at radius 1 is 1.04 bits per heavy atom. The number of H-pyrrole nitrogens is 1. The van der Waals surface area contributed by atoms with E-state index in [9.17, 15) is 0 Å². The second kappa shape index (κ2) is 7.11. The third-order valence-corrected chi connectivity index (χ3v) is 4.43. The Morgan fingerprint density at radius 2 is 1.80 bits per heavy atom. The van der Waals surface area contributed by atoms with Gasteiger partial charge in [-0.25, -0.2) is 0 Å². The average Bonchev–Trinajstić information content (AvgIpc) is 2.97. The van der Waals surface area contributed by atoms with Crippen LogP contribution in [0.4, 0.5) is 0 Å². The molecule has 1 N–H and O–H groups in total. The Morgan fingerprint density at radius 3 is 2.52 bits per heavy atom. The molecule has 0 aliphatic carbocycles. The zero-order valence-electron chi connectivity index (χ0n) is 14.8. The number of hydrogen-bond acceptors (Lipinski definition) is 4. The Labute approximate surface area is 152 Å². The van der Waals surface area contributed by atoms with Crippen molar-refractivity contribution in [3.63, 3.8) is 0 Å². The average molecular weight is 355 g/mol. The van der Waals surface area contributed by atoms with Gasteiger partial charge in [-0.05, 0) is 61.0 Å². The summed E-state index contributed by atoms with van der Waals surface area (Å²) >= 11 is 5.46. The highest BCUT2D eigenvalue weighted by Gasteiger charge is 2.13. The topological polar surface area (TPSA) is 52.1 Å². The summed E-state index contributed by atoms with van der Waals surface area (Å²) < 4.78 is 13.3. The highest BCUT2D eigenvalue weighted by atomic mass is 32.1. The highest BCUT2D eigenvalue weighted by Crippen LogP contribution is 2.28. The first-order chi connectivity index (χ1) is 12.0. The summed E-state index contributed by atoms with van der Waals surface area (Å²) in [5.41, 5.74) is 4.45. The fourth-order valence-corrected chi connectivity index (χ4v) is 3.08. The van der Waals surface area contributed by atoms with Crippen molar-refractivity contribution in [2.24, 2.45) is 0 Å². The Bertz CT molecular complexity index is 960. The molecule has 0 atom stereocenters. The first kappa shape index (κ1) is 17.2.